The van der Waals surface area contributed by atoms with Gasteiger partial charge in [0.2, 0.25) is 0 Å². The molecule has 0 radical (unpaired) electrons. The number of piperidine rings is 1. The maximum atomic E-state index is 4.50. The Bertz CT molecular complexity index is 587. The lowest BCUT2D eigenvalue weighted by Gasteiger charge is -2.39. The molecule has 1 aliphatic carbocycles. The fraction of sp³-hybridized carbons (Fsp3) is 0.588. The van der Waals surface area contributed by atoms with Crippen LogP contribution < -0.4 is 4.90 Å². The number of rotatable bonds is 6. The van der Waals surface area contributed by atoms with Gasteiger partial charge in [-0.2, -0.15) is 0 Å². The summed E-state index contributed by atoms with van der Waals surface area (Å²) < 4.78 is 2.16. The van der Waals surface area contributed by atoms with Crippen LogP contribution in [0.5, 0.6) is 0 Å². The van der Waals surface area contributed by atoms with E-state index in [1.807, 2.05) is 24.9 Å². The average molecular weight is 312 g/mol. The van der Waals surface area contributed by atoms with Gasteiger partial charge in [0.15, 0.2) is 0 Å². The van der Waals surface area contributed by atoms with Crippen molar-refractivity contribution in [1.82, 2.24) is 24.4 Å². The van der Waals surface area contributed by atoms with E-state index >= 15 is 0 Å². The minimum atomic E-state index is 0.627. The summed E-state index contributed by atoms with van der Waals surface area (Å²) in [6.45, 7) is 4.49. The van der Waals surface area contributed by atoms with Gasteiger partial charge in [0.25, 0.3) is 0 Å². The third kappa shape index (κ3) is 3.52. The maximum absolute atomic E-state index is 4.50. The first kappa shape index (κ1) is 14.6. The zero-order valence-corrected chi connectivity index (χ0v) is 13.5. The van der Waals surface area contributed by atoms with Gasteiger partial charge in [0.1, 0.15) is 12.1 Å². The number of likely N-dealkylation sites (tertiary alicyclic amines) is 1. The molecule has 0 spiro atoms. The van der Waals surface area contributed by atoms with Crippen LogP contribution in [0.2, 0.25) is 0 Å². The van der Waals surface area contributed by atoms with Gasteiger partial charge in [-0.3, -0.25) is 0 Å². The van der Waals surface area contributed by atoms with Gasteiger partial charge >= 0.3 is 0 Å². The second kappa shape index (κ2) is 6.66. The second-order valence-corrected chi connectivity index (χ2v) is 6.58. The summed E-state index contributed by atoms with van der Waals surface area (Å²) in [7, 11) is 0. The molecule has 122 valence electrons. The van der Waals surface area contributed by atoms with E-state index < -0.39 is 0 Å². The molecule has 0 atom stereocenters. The summed E-state index contributed by atoms with van der Waals surface area (Å²) in [4.78, 5) is 17.8. The van der Waals surface area contributed by atoms with Crippen molar-refractivity contribution in [3.8, 4) is 0 Å². The molecule has 2 aliphatic rings. The summed E-state index contributed by atoms with van der Waals surface area (Å²) in [5.74, 6) is 1.11. The predicted octanol–water partition coefficient (Wildman–Crippen LogP) is 1.81. The molecule has 2 fully saturated rings. The molecule has 0 bridgehead atoms. The van der Waals surface area contributed by atoms with Crippen LogP contribution in [-0.4, -0.2) is 56.1 Å². The largest absolute Gasteiger partial charge is 0.350 e. The molecule has 23 heavy (non-hydrogen) atoms. The maximum Gasteiger partial charge on any atom is 0.132 e. The van der Waals surface area contributed by atoms with Crippen LogP contribution in [-0.2, 0) is 6.54 Å². The van der Waals surface area contributed by atoms with Crippen LogP contribution in [0.3, 0.4) is 0 Å². The highest BCUT2D eigenvalue weighted by molar-refractivity contribution is 5.41. The van der Waals surface area contributed by atoms with Crippen LogP contribution >= 0.6 is 0 Å². The molecule has 0 unspecified atom stereocenters. The van der Waals surface area contributed by atoms with Crippen LogP contribution in [0.4, 0.5) is 5.82 Å². The lowest BCUT2D eigenvalue weighted by atomic mass is 10.0. The highest BCUT2D eigenvalue weighted by atomic mass is 15.3. The number of hydrogen-bond acceptors (Lipinski definition) is 5. The van der Waals surface area contributed by atoms with E-state index in [0.29, 0.717) is 12.1 Å². The minimum absolute atomic E-state index is 0.627. The molecule has 2 aromatic heterocycles. The Morgan fingerprint density at radius 3 is 2.48 bits per heavy atom. The molecule has 1 saturated carbocycles. The van der Waals surface area contributed by atoms with E-state index in [0.717, 1.165) is 18.9 Å². The Morgan fingerprint density at radius 1 is 1.00 bits per heavy atom. The summed E-state index contributed by atoms with van der Waals surface area (Å²) in [6, 6.07) is 3.39. The van der Waals surface area contributed by atoms with Crippen molar-refractivity contribution >= 4 is 5.82 Å². The van der Waals surface area contributed by atoms with Gasteiger partial charge in [-0.15, -0.1) is 0 Å². The van der Waals surface area contributed by atoms with Crippen molar-refractivity contribution in [3.63, 3.8) is 0 Å². The highest BCUT2D eigenvalue weighted by Crippen LogP contribution is 2.34. The van der Waals surface area contributed by atoms with Gasteiger partial charge in [-0.05, 0) is 31.7 Å². The minimum Gasteiger partial charge on any atom is -0.350 e. The lowest BCUT2D eigenvalue weighted by molar-refractivity contribution is 0.201. The smallest absolute Gasteiger partial charge is 0.132 e. The Balaban J connectivity index is 1.33. The Kier molecular flexibility index (Phi) is 4.24. The average Bonchev–Trinajstić information content (AvgIpc) is 3.29. The van der Waals surface area contributed by atoms with Crippen molar-refractivity contribution in [2.45, 2.75) is 44.3 Å². The van der Waals surface area contributed by atoms with Crippen LogP contribution in [0.15, 0.2) is 37.3 Å². The van der Waals surface area contributed by atoms with E-state index in [4.69, 9.17) is 0 Å². The predicted molar refractivity (Wildman–Crippen MR) is 89.2 cm³/mol. The lowest BCUT2D eigenvalue weighted by Crippen LogP contribution is -2.47. The molecule has 0 amide bonds. The van der Waals surface area contributed by atoms with Gasteiger partial charge in [0.05, 0.1) is 6.33 Å². The first-order valence-corrected chi connectivity index (χ1v) is 8.62. The SMILES string of the molecule is c1cc(N(C2CC2)C2CCN(CCn3ccnc3)CC2)ncn1. The molecule has 4 rings (SSSR count). The molecule has 6 heteroatoms. The zero-order valence-electron chi connectivity index (χ0n) is 13.5. The van der Waals surface area contributed by atoms with Crippen LogP contribution in [0, 0.1) is 0 Å². The Hall–Kier alpha value is -1.95. The second-order valence-electron chi connectivity index (χ2n) is 6.58. The van der Waals surface area contributed by atoms with Crippen LogP contribution in [0.1, 0.15) is 25.7 Å². The standard InChI is InChI=1S/C17H24N6/c1-2-15(1)23(17-3-6-18-13-20-17)16-4-8-21(9-5-16)11-12-22-10-7-19-14-22/h3,6-7,10,13-16H,1-2,4-5,8-9,11-12H2. The van der Waals surface area contributed by atoms with Crippen molar-refractivity contribution in [1.29, 1.82) is 0 Å². The molecule has 6 nitrogen and oxygen atoms in total. The van der Waals surface area contributed by atoms with E-state index in [-0.39, 0.29) is 0 Å². The first-order valence-electron chi connectivity index (χ1n) is 8.62. The number of aromatic nitrogens is 4. The summed E-state index contributed by atoms with van der Waals surface area (Å²) in [6.07, 6.45) is 14.4. The molecular weight excluding hydrogens is 288 g/mol. The summed E-state index contributed by atoms with van der Waals surface area (Å²) in [5.41, 5.74) is 0. The van der Waals surface area contributed by atoms with Crippen molar-refractivity contribution in [2.75, 3.05) is 24.5 Å². The van der Waals surface area contributed by atoms with Crippen molar-refractivity contribution in [3.05, 3.63) is 37.3 Å². The van der Waals surface area contributed by atoms with E-state index in [2.05, 4.69) is 35.4 Å². The molecule has 1 aliphatic heterocycles. The summed E-state index contributed by atoms with van der Waals surface area (Å²) >= 11 is 0. The Labute approximate surface area is 137 Å². The summed E-state index contributed by atoms with van der Waals surface area (Å²) in [5, 5.41) is 0. The van der Waals surface area contributed by atoms with Crippen molar-refractivity contribution < 1.29 is 0 Å². The highest BCUT2D eigenvalue weighted by Gasteiger charge is 2.36. The fourth-order valence-electron chi connectivity index (χ4n) is 3.56. The quantitative estimate of drug-likeness (QED) is 0.814. The van der Waals surface area contributed by atoms with Crippen molar-refractivity contribution in [2.24, 2.45) is 0 Å². The number of nitrogens with zero attached hydrogens (tertiary/aromatic N) is 6. The topological polar surface area (TPSA) is 50.1 Å². The number of hydrogen-bond donors (Lipinski definition) is 0. The Morgan fingerprint density at radius 2 is 1.83 bits per heavy atom. The fourth-order valence-corrected chi connectivity index (χ4v) is 3.56. The normalized spacial score (nSPS) is 19.8. The number of anilines is 1. The third-order valence-electron chi connectivity index (χ3n) is 4.96. The van der Waals surface area contributed by atoms with Gasteiger partial charge in [-0.25, -0.2) is 15.0 Å². The van der Waals surface area contributed by atoms with E-state index in [9.17, 15) is 0 Å². The monoisotopic (exact) mass is 312 g/mol. The molecule has 2 aromatic rings. The van der Waals surface area contributed by atoms with Gasteiger partial charge in [0, 0.05) is 56.9 Å². The van der Waals surface area contributed by atoms with E-state index in [1.54, 1.807) is 6.33 Å². The third-order valence-corrected chi connectivity index (χ3v) is 4.96. The zero-order chi connectivity index (χ0) is 15.5. The van der Waals surface area contributed by atoms with Crippen LogP contribution in [0.25, 0.3) is 0 Å². The molecule has 0 N–H and O–H groups in total. The molecule has 1 saturated heterocycles. The molecule has 3 heterocycles. The molecule has 0 aromatic carbocycles. The van der Waals surface area contributed by atoms with Gasteiger partial charge < -0.3 is 14.4 Å². The molecular formula is C17H24N6. The first-order chi connectivity index (χ1) is 11.4. The van der Waals surface area contributed by atoms with E-state index in [1.165, 1.54) is 38.8 Å². The van der Waals surface area contributed by atoms with Gasteiger partial charge in [-0.1, -0.05) is 0 Å². The number of imidazole rings is 1.